The highest BCUT2D eigenvalue weighted by atomic mass is 16.3. The van der Waals surface area contributed by atoms with Crippen molar-refractivity contribution < 1.29 is 9.21 Å². The fraction of sp³-hybridized carbons (Fsp3) is 0.370. The fourth-order valence-electron chi connectivity index (χ4n) is 9.14. The van der Waals surface area contributed by atoms with Crippen LogP contribution in [0.4, 0.5) is 11.4 Å². The maximum Gasteiger partial charge on any atom is 0.247 e. The first-order valence-electron chi connectivity index (χ1n) is 18.8. The van der Waals surface area contributed by atoms with Crippen LogP contribution in [0.15, 0.2) is 83.3 Å². The van der Waals surface area contributed by atoms with Gasteiger partial charge in [0.05, 0.1) is 11.1 Å². The van der Waals surface area contributed by atoms with E-state index in [1.165, 1.54) is 44.0 Å². The second kappa shape index (κ2) is 11.4. The molecule has 2 unspecified atom stereocenters. The summed E-state index contributed by atoms with van der Waals surface area (Å²) >= 11 is 0. The van der Waals surface area contributed by atoms with Crippen molar-refractivity contribution in [2.45, 2.75) is 105 Å². The first-order valence-corrected chi connectivity index (χ1v) is 18.8. The van der Waals surface area contributed by atoms with E-state index in [0.29, 0.717) is 17.8 Å². The molecule has 254 valence electrons. The summed E-state index contributed by atoms with van der Waals surface area (Å²) in [7, 11) is 0. The summed E-state index contributed by atoms with van der Waals surface area (Å²) in [6.07, 6.45) is 1.84. The highest BCUT2D eigenvalue weighted by Gasteiger charge is 2.50. The summed E-state index contributed by atoms with van der Waals surface area (Å²) in [4.78, 5) is 17.6. The molecule has 0 spiro atoms. The Morgan fingerprint density at radius 2 is 1.50 bits per heavy atom. The van der Waals surface area contributed by atoms with Crippen LogP contribution in [0.5, 0.6) is 0 Å². The Hall–Kier alpha value is -4.31. The number of hydrogen-bond acceptors (Lipinski definition) is 2. The number of benzene rings is 5. The molecule has 0 fully saturated rings. The lowest BCUT2D eigenvalue weighted by Gasteiger charge is -2.46. The molecule has 50 heavy (non-hydrogen) atoms. The molecule has 3 heterocycles. The molecule has 6 aromatic rings. The van der Waals surface area contributed by atoms with Gasteiger partial charge in [-0.3, -0.25) is 9.69 Å². The van der Waals surface area contributed by atoms with Crippen LogP contribution < -0.4 is 21.3 Å². The molecule has 0 bridgehead atoms. The number of para-hydroxylation sites is 1. The molecule has 2 aliphatic heterocycles. The molecule has 3 nitrogen and oxygen atoms in total. The van der Waals surface area contributed by atoms with Crippen LogP contribution in [0.1, 0.15) is 116 Å². The van der Waals surface area contributed by atoms with Crippen LogP contribution in [0.25, 0.3) is 32.7 Å². The SMILES string of the molecule is CCC(C)CC1(C)C(=O)N2c3cc4c(cc3B(c3c(C(C)C)cc(C(C)(C)C)cc3C(C)C)c3ccc5cccc1c5c32)oc1ccccc14. The average molecular weight is 660 g/mol. The van der Waals surface area contributed by atoms with E-state index in [1.807, 2.05) is 6.07 Å². The second-order valence-corrected chi connectivity index (χ2v) is 17.2. The number of anilines is 2. The van der Waals surface area contributed by atoms with Gasteiger partial charge < -0.3 is 4.42 Å². The van der Waals surface area contributed by atoms with Gasteiger partial charge in [0.25, 0.3) is 0 Å². The summed E-state index contributed by atoms with van der Waals surface area (Å²) in [5.74, 6) is 1.21. The Labute approximate surface area is 298 Å². The number of nitrogens with zero attached hydrogens (tertiary/aromatic N) is 1. The van der Waals surface area contributed by atoms with Crippen LogP contribution in [0.2, 0.25) is 0 Å². The molecule has 5 aromatic carbocycles. The number of hydrogen-bond donors (Lipinski definition) is 0. The Bertz CT molecular complexity index is 2330. The van der Waals surface area contributed by atoms with Crippen molar-refractivity contribution in [2.24, 2.45) is 5.92 Å². The van der Waals surface area contributed by atoms with E-state index in [1.54, 1.807) is 0 Å². The van der Waals surface area contributed by atoms with Gasteiger partial charge in [-0.2, -0.15) is 0 Å². The Kier molecular flexibility index (Phi) is 7.46. The van der Waals surface area contributed by atoms with E-state index < -0.39 is 5.41 Å². The van der Waals surface area contributed by atoms with Crippen molar-refractivity contribution in [3.05, 3.63) is 101 Å². The van der Waals surface area contributed by atoms with Crippen LogP contribution in [0, 0.1) is 5.92 Å². The van der Waals surface area contributed by atoms with Crippen LogP contribution in [-0.4, -0.2) is 12.6 Å². The van der Waals surface area contributed by atoms with Crippen LogP contribution in [-0.2, 0) is 15.6 Å². The van der Waals surface area contributed by atoms with E-state index in [2.05, 4.69) is 147 Å². The zero-order chi connectivity index (χ0) is 35.4. The fourth-order valence-corrected chi connectivity index (χ4v) is 9.14. The normalized spacial score (nSPS) is 17.9. The van der Waals surface area contributed by atoms with Crippen molar-refractivity contribution in [2.75, 3.05) is 4.90 Å². The molecule has 0 aliphatic carbocycles. The summed E-state index contributed by atoms with van der Waals surface area (Å²) < 4.78 is 6.59. The number of rotatable bonds is 6. The number of amides is 1. The van der Waals surface area contributed by atoms with Crippen molar-refractivity contribution in [3.63, 3.8) is 0 Å². The second-order valence-electron chi connectivity index (χ2n) is 17.2. The zero-order valence-electron chi connectivity index (χ0n) is 31.5. The maximum atomic E-state index is 15.5. The summed E-state index contributed by atoms with van der Waals surface area (Å²) in [5.41, 5.74) is 12.2. The van der Waals surface area contributed by atoms with Gasteiger partial charge in [0, 0.05) is 21.8 Å². The van der Waals surface area contributed by atoms with Gasteiger partial charge in [0.1, 0.15) is 11.2 Å². The third-order valence-corrected chi connectivity index (χ3v) is 12.0. The lowest BCUT2D eigenvalue weighted by Crippen LogP contribution is -2.63. The minimum atomic E-state index is -0.654. The van der Waals surface area contributed by atoms with Gasteiger partial charge in [-0.1, -0.05) is 135 Å². The van der Waals surface area contributed by atoms with Crippen LogP contribution >= 0.6 is 0 Å². The van der Waals surface area contributed by atoms with Crippen molar-refractivity contribution in [3.8, 4) is 0 Å². The molecule has 0 radical (unpaired) electrons. The largest absolute Gasteiger partial charge is 0.456 e. The number of carbonyl (C=O) groups is 1. The molecule has 4 heteroatoms. The first-order chi connectivity index (χ1) is 23.7. The zero-order valence-corrected chi connectivity index (χ0v) is 31.5. The summed E-state index contributed by atoms with van der Waals surface area (Å²) in [6.45, 7) is 22.9. The van der Waals surface area contributed by atoms with Crippen molar-refractivity contribution in [1.82, 2.24) is 0 Å². The molecule has 0 saturated heterocycles. The van der Waals surface area contributed by atoms with E-state index >= 15 is 4.79 Å². The molecular weight excluding hydrogens is 609 g/mol. The van der Waals surface area contributed by atoms with Crippen molar-refractivity contribution in [1.29, 1.82) is 0 Å². The Morgan fingerprint density at radius 3 is 2.16 bits per heavy atom. The molecule has 0 N–H and O–H groups in total. The molecule has 2 atom stereocenters. The quantitative estimate of drug-likeness (QED) is 0.167. The van der Waals surface area contributed by atoms with Crippen molar-refractivity contribution >= 4 is 73.1 Å². The topological polar surface area (TPSA) is 33.5 Å². The third kappa shape index (κ3) is 4.66. The third-order valence-electron chi connectivity index (χ3n) is 12.0. The minimum absolute atomic E-state index is 0.0177. The Balaban J connectivity index is 1.55. The lowest BCUT2D eigenvalue weighted by molar-refractivity contribution is -0.123. The van der Waals surface area contributed by atoms with Gasteiger partial charge in [0.2, 0.25) is 12.6 Å². The number of carbonyl (C=O) groups excluding carboxylic acids is 1. The Morgan fingerprint density at radius 1 is 0.800 bits per heavy atom. The standard InChI is InChI=1S/C46H50BNO2/c1-11-28(6)25-46(10)35-17-14-15-29-19-20-36-43(41(29)35)48(44(46)49)38-23-34-31-16-12-13-18-39(31)50-40(34)24-37(38)47(36)42-32(26(2)3)21-30(45(7,8)9)22-33(42)27(4)5/h12-24,26-28H,11,25H2,1-10H3. The van der Waals surface area contributed by atoms with E-state index in [4.69, 9.17) is 4.42 Å². The molecule has 0 saturated carbocycles. The average Bonchev–Trinajstić information content (AvgIpc) is 3.44. The van der Waals surface area contributed by atoms with E-state index in [9.17, 15) is 0 Å². The van der Waals surface area contributed by atoms with Gasteiger partial charge >= 0.3 is 0 Å². The monoisotopic (exact) mass is 659 g/mol. The van der Waals surface area contributed by atoms with E-state index in [0.717, 1.165) is 51.6 Å². The van der Waals surface area contributed by atoms with Gasteiger partial charge in [-0.25, -0.2) is 0 Å². The molecular formula is C46H50BNO2. The highest BCUT2D eigenvalue weighted by Crippen LogP contribution is 2.50. The number of fused-ring (bicyclic) bond motifs is 5. The highest BCUT2D eigenvalue weighted by molar-refractivity contribution is 6.99. The first kappa shape index (κ1) is 32.9. The molecule has 2 aliphatic rings. The van der Waals surface area contributed by atoms with Gasteiger partial charge in [-0.15, -0.1) is 0 Å². The smallest absolute Gasteiger partial charge is 0.247 e. The summed E-state index contributed by atoms with van der Waals surface area (Å²) in [5, 5.41) is 4.56. The molecule has 1 aromatic heterocycles. The predicted molar refractivity (Wildman–Crippen MR) is 214 cm³/mol. The van der Waals surface area contributed by atoms with Gasteiger partial charge in [-0.05, 0) is 93.3 Å². The van der Waals surface area contributed by atoms with E-state index in [-0.39, 0.29) is 18.0 Å². The molecule has 1 amide bonds. The maximum absolute atomic E-state index is 15.5. The lowest BCUT2D eigenvalue weighted by atomic mass is 9.32. The summed E-state index contributed by atoms with van der Waals surface area (Å²) in [6, 6.07) is 29.0. The van der Waals surface area contributed by atoms with Gasteiger partial charge in [0.15, 0.2) is 0 Å². The predicted octanol–water partition coefficient (Wildman–Crippen LogP) is 10.5. The number of furan rings is 1. The minimum Gasteiger partial charge on any atom is -0.456 e. The van der Waals surface area contributed by atoms with Crippen LogP contribution in [0.3, 0.4) is 0 Å². The molecule has 8 rings (SSSR count).